The zero-order valence-corrected chi connectivity index (χ0v) is 12.7. The molecule has 0 spiro atoms. The van der Waals surface area contributed by atoms with Crippen LogP contribution in [0.5, 0.6) is 0 Å². The number of nitrogens with zero attached hydrogens (tertiary/aromatic N) is 2. The van der Waals surface area contributed by atoms with Crippen molar-refractivity contribution in [1.29, 1.82) is 0 Å². The standard InChI is InChI=1S/C15H21BrN2O2/c1-15(2,3)20-14(19)18-10-8-17(9-11-18)13-6-4-12(16)5-7-13/h4-7H,8-11H2,1-3H3/i4D,5D,6D,7D,8D2,9D2,10D2,11D2. The van der Waals surface area contributed by atoms with Crippen LogP contribution >= 0.6 is 15.9 Å². The largest absolute Gasteiger partial charge is 0.444 e. The molecular formula is C15H21BrN2O2. The first-order valence-corrected chi connectivity index (χ1v) is 6.44. The number of halogens is 1. The highest BCUT2D eigenvalue weighted by Gasteiger charge is 2.25. The number of anilines is 1. The molecule has 0 aromatic heterocycles. The average Bonchev–Trinajstić information content (AvgIpc) is 2.58. The van der Waals surface area contributed by atoms with Crippen molar-refractivity contribution >= 4 is 27.7 Å². The van der Waals surface area contributed by atoms with Gasteiger partial charge >= 0.3 is 6.09 Å². The van der Waals surface area contributed by atoms with Crippen molar-refractivity contribution in [3.8, 4) is 0 Å². The molecule has 1 amide bonds. The summed E-state index contributed by atoms with van der Waals surface area (Å²) in [7, 11) is 0. The van der Waals surface area contributed by atoms with Gasteiger partial charge in [-0.25, -0.2) is 4.79 Å². The molecule has 4 nitrogen and oxygen atoms in total. The van der Waals surface area contributed by atoms with E-state index in [4.69, 9.17) is 21.2 Å². The van der Waals surface area contributed by atoms with Gasteiger partial charge in [-0.1, -0.05) is 15.9 Å². The molecule has 0 aliphatic carbocycles. The van der Waals surface area contributed by atoms with Gasteiger partial charge in [0.05, 0.1) is 16.4 Å². The third-order valence-corrected chi connectivity index (χ3v) is 2.32. The van der Waals surface area contributed by atoms with E-state index < -0.39 is 67.5 Å². The predicted octanol–water partition coefficient (Wildman–Crippen LogP) is 3.51. The fourth-order valence-electron chi connectivity index (χ4n) is 1.17. The zero-order valence-electron chi connectivity index (χ0n) is 23.1. The monoisotopic (exact) mass is 352 g/mol. The fourth-order valence-corrected chi connectivity index (χ4v) is 1.37. The number of carbonyl (C=O) groups is 1. The van der Waals surface area contributed by atoms with E-state index >= 15 is 0 Å². The maximum atomic E-state index is 12.7. The molecule has 1 aliphatic rings. The molecule has 1 aromatic carbocycles. The number of benzene rings is 1. The Hall–Kier alpha value is -1.23. The first-order valence-electron chi connectivity index (χ1n) is 11.6. The molecule has 0 atom stereocenters. The van der Waals surface area contributed by atoms with E-state index in [9.17, 15) is 4.79 Å². The quantitative estimate of drug-likeness (QED) is 0.775. The van der Waals surface area contributed by atoms with Crippen molar-refractivity contribution in [3.05, 3.63) is 28.6 Å². The van der Waals surface area contributed by atoms with Crippen molar-refractivity contribution in [2.24, 2.45) is 0 Å². The zero-order chi connectivity index (χ0) is 25.4. The van der Waals surface area contributed by atoms with E-state index in [1.807, 2.05) is 0 Å². The van der Waals surface area contributed by atoms with E-state index in [-0.39, 0.29) is 14.3 Å². The fraction of sp³-hybridized carbons (Fsp3) is 0.533. The number of hydrogen-bond acceptors (Lipinski definition) is 3. The maximum absolute atomic E-state index is 12.7. The Kier molecular flexibility index (Phi) is 1.77. The van der Waals surface area contributed by atoms with Crippen molar-refractivity contribution in [2.45, 2.75) is 26.4 Å². The Bertz CT molecular complexity index is 906. The Morgan fingerprint density at radius 2 is 1.80 bits per heavy atom. The van der Waals surface area contributed by atoms with Crippen LogP contribution in [0.4, 0.5) is 10.5 Å². The van der Waals surface area contributed by atoms with E-state index in [1.165, 1.54) is 20.8 Å². The highest BCUT2D eigenvalue weighted by Crippen LogP contribution is 2.20. The van der Waals surface area contributed by atoms with Gasteiger partial charge in [0.1, 0.15) is 5.60 Å². The molecule has 0 bridgehead atoms. The molecule has 0 saturated carbocycles. The molecule has 2 rings (SSSR count). The highest BCUT2D eigenvalue weighted by atomic mass is 79.9. The molecule has 1 saturated heterocycles. The van der Waals surface area contributed by atoms with Crippen LogP contribution in [0.25, 0.3) is 0 Å². The van der Waals surface area contributed by atoms with Crippen molar-refractivity contribution < 1.29 is 26.0 Å². The molecule has 0 radical (unpaired) electrons. The average molecular weight is 353 g/mol. The van der Waals surface area contributed by atoms with Crippen LogP contribution in [0.3, 0.4) is 0 Å². The number of rotatable bonds is 1. The van der Waals surface area contributed by atoms with E-state index in [1.54, 1.807) is 0 Å². The van der Waals surface area contributed by atoms with Crippen molar-refractivity contribution in [1.82, 2.24) is 4.90 Å². The Balaban J connectivity index is 2.89. The second-order valence-electron chi connectivity index (χ2n) is 4.76. The van der Waals surface area contributed by atoms with Crippen LogP contribution in [0.2, 0.25) is 0 Å². The summed E-state index contributed by atoms with van der Waals surface area (Å²) in [5.41, 5.74) is -2.25. The van der Waals surface area contributed by atoms with Gasteiger partial charge in [0.2, 0.25) is 0 Å². The first-order chi connectivity index (χ1) is 14.0. The molecule has 20 heavy (non-hydrogen) atoms. The number of hydrogen-bond donors (Lipinski definition) is 0. The van der Waals surface area contributed by atoms with Gasteiger partial charge in [-0.3, -0.25) is 0 Å². The Morgan fingerprint density at radius 3 is 2.30 bits per heavy atom. The number of ether oxygens (including phenoxy) is 1. The predicted molar refractivity (Wildman–Crippen MR) is 84.2 cm³/mol. The van der Waals surface area contributed by atoms with Gasteiger partial charge in [0.25, 0.3) is 0 Å². The molecule has 1 aliphatic heterocycles. The minimum Gasteiger partial charge on any atom is -0.444 e. The Labute approximate surface area is 145 Å². The van der Waals surface area contributed by atoms with Crippen LogP contribution in [-0.2, 0) is 4.74 Å². The Morgan fingerprint density at radius 1 is 1.25 bits per heavy atom. The number of amides is 1. The summed E-state index contributed by atoms with van der Waals surface area (Å²) in [6.45, 7) is -10.1. The highest BCUT2D eigenvalue weighted by molar-refractivity contribution is 9.10. The van der Waals surface area contributed by atoms with Crippen molar-refractivity contribution in [2.75, 3.05) is 30.9 Å². The number of piperazine rings is 1. The lowest BCUT2D eigenvalue weighted by Crippen LogP contribution is -2.50. The summed E-state index contributed by atoms with van der Waals surface area (Å²) >= 11 is 2.86. The van der Waals surface area contributed by atoms with Crippen LogP contribution in [0.1, 0.15) is 37.2 Å². The normalized spacial score (nSPS) is 35.0. The van der Waals surface area contributed by atoms with Gasteiger partial charge < -0.3 is 14.5 Å². The van der Waals surface area contributed by atoms with Crippen molar-refractivity contribution in [3.63, 3.8) is 0 Å². The minimum atomic E-state index is -3.58. The molecule has 1 heterocycles. The SMILES string of the molecule is [2H]c1c([2H])c(N2C([2H])([2H])C([2H])([2H])N(C(=O)OC(C)(C)C)C([2H])([2H])C2([2H])[2H])c([2H])c([2H])c1Br. The minimum absolute atomic E-state index is 0.117. The second kappa shape index (κ2) is 6.04. The molecule has 0 unspecified atom stereocenters. The van der Waals surface area contributed by atoms with E-state index in [0.717, 1.165) is 0 Å². The molecule has 5 heteroatoms. The second-order valence-corrected chi connectivity index (χ2v) is 5.55. The lowest BCUT2D eigenvalue weighted by Gasteiger charge is -2.36. The smallest absolute Gasteiger partial charge is 0.410 e. The summed E-state index contributed by atoms with van der Waals surface area (Å²) in [6, 6.07) is -3.27. The lowest BCUT2D eigenvalue weighted by molar-refractivity contribution is 0.0240. The van der Waals surface area contributed by atoms with Crippen LogP contribution in [0.15, 0.2) is 28.6 Å². The third-order valence-electron chi connectivity index (χ3n) is 1.93. The van der Waals surface area contributed by atoms with Gasteiger partial charge in [0.15, 0.2) is 0 Å². The van der Waals surface area contributed by atoms with E-state index in [2.05, 4.69) is 15.9 Å². The summed E-state index contributed by atoms with van der Waals surface area (Å²) in [5.74, 6) is 0. The van der Waals surface area contributed by atoms with Crippen LogP contribution in [-0.4, -0.2) is 42.6 Å². The summed E-state index contributed by atoms with van der Waals surface area (Å²) in [4.78, 5) is 12.3. The summed E-state index contributed by atoms with van der Waals surface area (Å²) < 4.78 is 103. The molecule has 1 fully saturated rings. The first kappa shape index (κ1) is 5.87. The molecular weight excluding hydrogens is 320 g/mol. The lowest BCUT2D eigenvalue weighted by atomic mass is 10.2. The third kappa shape index (κ3) is 4.13. The van der Waals surface area contributed by atoms with Gasteiger partial charge in [-0.15, -0.1) is 0 Å². The van der Waals surface area contributed by atoms with Gasteiger partial charge in [-0.05, 0) is 44.9 Å². The van der Waals surface area contributed by atoms with Gasteiger partial charge in [-0.2, -0.15) is 0 Å². The van der Waals surface area contributed by atoms with Crippen LogP contribution < -0.4 is 4.90 Å². The summed E-state index contributed by atoms with van der Waals surface area (Å²) in [6.07, 6.45) is -1.66. The van der Waals surface area contributed by atoms with Crippen LogP contribution in [0, 0.1) is 0 Å². The molecule has 0 N–H and O–H groups in total. The summed E-state index contributed by atoms with van der Waals surface area (Å²) in [5, 5.41) is 0. The molecule has 110 valence electrons. The van der Waals surface area contributed by atoms with E-state index in [0.29, 0.717) is 0 Å². The topological polar surface area (TPSA) is 32.8 Å². The van der Waals surface area contributed by atoms with Gasteiger partial charge in [0, 0.05) is 36.1 Å². The maximum Gasteiger partial charge on any atom is 0.410 e. The number of carbonyl (C=O) groups excluding carboxylic acids is 1. The molecule has 1 aromatic rings.